The van der Waals surface area contributed by atoms with E-state index in [0.717, 1.165) is 34.2 Å². The zero-order valence-corrected chi connectivity index (χ0v) is 16.5. The average Bonchev–Trinajstić information content (AvgIpc) is 3.18. The van der Waals surface area contributed by atoms with Gasteiger partial charge < -0.3 is 10.1 Å². The maximum Gasteiger partial charge on any atom is 0.258 e. The van der Waals surface area contributed by atoms with Crippen LogP contribution in [0.2, 0.25) is 0 Å². The van der Waals surface area contributed by atoms with Crippen LogP contribution in [-0.2, 0) is 4.79 Å². The van der Waals surface area contributed by atoms with Gasteiger partial charge in [0.25, 0.3) is 5.91 Å². The van der Waals surface area contributed by atoms with Crippen molar-refractivity contribution in [2.75, 3.05) is 13.2 Å². The quantitative estimate of drug-likeness (QED) is 0.589. The summed E-state index contributed by atoms with van der Waals surface area (Å²) < 4.78 is 5.77. The van der Waals surface area contributed by atoms with Crippen LogP contribution in [-0.4, -0.2) is 29.0 Å². The topological polar surface area (TPSA) is 64.1 Å². The number of fused-ring (bicyclic) bond motifs is 1. The highest BCUT2D eigenvalue weighted by Gasteiger charge is 2.15. The van der Waals surface area contributed by atoms with Crippen molar-refractivity contribution in [2.45, 2.75) is 32.1 Å². The summed E-state index contributed by atoms with van der Waals surface area (Å²) in [7, 11) is 0. The molecule has 0 unspecified atom stereocenters. The highest BCUT2D eigenvalue weighted by molar-refractivity contribution is 7.17. The number of carbonyl (C=O) groups is 1. The number of amides is 1. The second-order valence-corrected chi connectivity index (χ2v) is 7.73. The van der Waals surface area contributed by atoms with Gasteiger partial charge in [-0.05, 0) is 37.7 Å². The van der Waals surface area contributed by atoms with Crippen molar-refractivity contribution in [2.24, 2.45) is 0 Å². The summed E-state index contributed by atoms with van der Waals surface area (Å²) >= 11 is 1.55. The fourth-order valence-corrected chi connectivity index (χ4v) is 4.37. The molecular weight excluding hydrogens is 370 g/mol. The Labute approximate surface area is 168 Å². The van der Waals surface area contributed by atoms with Crippen LogP contribution in [0.3, 0.4) is 0 Å². The van der Waals surface area contributed by atoms with Crippen LogP contribution in [0.1, 0.15) is 32.1 Å². The fraction of sp³-hybridized carbons (Fsp3) is 0.318. The minimum atomic E-state index is -0.125. The summed E-state index contributed by atoms with van der Waals surface area (Å²) in [5.41, 5.74) is 3.57. The molecule has 1 amide bonds. The minimum Gasteiger partial charge on any atom is -0.467 e. The number of hydrogen-bond donors (Lipinski definition) is 1. The van der Waals surface area contributed by atoms with E-state index in [1.807, 2.05) is 30.3 Å². The Hall–Kier alpha value is -2.73. The molecule has 1 aliphatic carbocycles. The lowest BCUT2D eigenvalue weighted by atomic mass is 9.97. The van der Waals surface area contributed by atoms with Gasteiger partial charge in [0.1, 0.15) is 11.2 Å². The molecule has 1 aromatic carbocycles. The lowest BCUT2D eigenvalue weighted by Gasteiger charge is -2.13. The number of nitrogens with one attached hydrogen (secondary N) is 1. The van der Waals surface area contributed by atoms with Gasteiger partial charge in [-0.1, -0.05) is 42.0 Å². The van der Waals surface area contributed by atoms with Gasteiger partial charge in [0, 0.05) is 17.5 Å². The lowest BCUT2D eigenvalue weighted by molar-refractivity contribution is -0.123. The van der Waals surface area contributed by atoms with E-state index in [2.05, 4.69) is 26.7 Å². The molecule has 6 heteroatoms. The van der Waals surface area contributed by atoms with Crippen LogP contribution >= 0.6 is 11.3 Å². The maximum atomic E-state index is 12.2. The van der Waals surface area contributed by atoms with Crippen molar-refractivity contribution in [3.8, 4) is 17.0 Å². The van der Waals surface area contributed by atoms with Gasteiger partial charge in [-0.3, -0.25) is 4.79 Å². The van der Waals surface area contributed by atoms with Gasteiger partial charge in [-0.2, -0.15) is 0 Å². The van der Waals surface area contributed by atoms with E-state index in [9.17, 15) is 4.79 Å². The summed E-state index contributed by atoms with van der Waals surface area (Å²) in [6.45, 7) is 0.607. The molecule has 0 aliphatic heterocycles. The third-order valence-electron chi connectivity index (χ3n) is 4.91. The van der Waals surface area contributed by atoms with E-state index in [4.69, 9.17) is 4.74 Å². The molecule has 1 N–H and O–H groups in total. The Bertz CT molecular complexity index is 982. The second kappa shape index (κ2) is 8.97. The molecule has 3 aromatic rings. The lowest BCUT2D eigenvalue weighted by Crippen LogP contribution is -2.30. The van der Waals surface area contributed by atoms with Crippen molar-refractivity contribution in [3.63, 3.8) is 0 Å². The molecule has 0 saturated heterocycles. The van der Waals surface area contributed by atoms with Crippen molar-refractivity contribution in [1.29, 1.82) is 0 Å². The van der Waals surface area contributed by atoms with Crippen LogP contribution in [0.4, 0.5) is 0 Å². The predicted octanol–water partition coefficient (Wildman–Crippen LogP) is 4.74. The van der Waals surface area contributed by atoms with Crippen LogP contribution in [0.15, 0.2) is 53.7 Å². The average molecular weight is 394 g/mol. The van der Waals surface area contributed by atoms with Crippen LogP contribution in [0.25, 0.3) is 21.3 Å². The van der Waals surface area contributed by atoms with Gasteiger partial charge in [0.15, 0.2) is 6.61 Å². The third kappa shape index (κ3) is 4.39. The summed E-state index contributed by atoms with van der Waals surface area (Å²) in [5.74, 6) is 0.329. The summed E-state index contributed by atoms with van der Waals surface area (Å²) in [5, 5.41) is 5.86. The van der Waals surface area contributed by atoms with Crippen molar-refractivity contribution in [3.05, 3.63) is 53.7 Å². The van der Waals surface area contributed by atoms with E-state index in [1.165, 1.54) is 31.2 Å². The summed E-state index contributed by atoms with van der Waals surface area (Å²) in [4.78, 5) is 21.7. The largest absolute Gasteiger partial charge is 0.467 e. The number of rotatable bonds is 7. The highest BCUT2D eigenvalue weighted by Crippen LogP contribution is 2.37. The Morgan fingerprint density at radius 2 is 2.07 bits per heavy atom. The SMILES string of the molecule is O=C(COc1ncnc2scc(-c3ccccc3)c12)NCCC1=CCCCC1. The van der Waals surface area contributed by atoms with Crippen molar-refractivity contribution in [1.82, 2.24) is 15.3 Å². The van der Waals surface area contributed by atoms with Crippen molar-refractivity contribution >= 4 is 27.5 Å². The molecule has 2 aromatic heterocycles. The molecule has 2 heterocycles. The highest BCUT2D eigenvalue weighted by atomic mass is 32.1. The molecular formula is C22H23N3O2S. The number of allylic oxidation sites excluding steroid dienone is 1. The number of benzene rings is 1. The standard InChI is InChI=1S/C22H23N3O2S/c26-19(23-12-11-16-7-3-1-4-8-16)13-27-21-20-18(17-9-5-2-6-10-17)14-28-22(20)25-15-24-21/h2,5-7,9-10,14-15H,1,3-4,8,11-13H2,(H,23,26). The van der Waals surface area contributed by atoms with E-state index < -0.39 is 0 Å². The van der Waals surface area contributed by atoms with E-state index in [-0.39, 0.29) is 12.5 Å². The molecule has 28 heavy (non-hydrogen) atoms. The van der Waals surface area contributed by atoms with Gasteiger partial charge in [0.05, 0.1) is 5.39 Å². The molecule has 5 nitrogen and oxygen atoms in total. The molecule has 1 aliphatic rings. The number of aromatic nitrogens is 2. The van der Waals surface area contributed by atoms with Crippen LogP contribution in [0.5, 0.6) is 5.88 Å². The van der Waals surface area contributed by atoms with Gasteiger partial charge >= 0.3 is 0 Å². The molecule has 0 atom stereocenters. The molecule has 0 bridgehead atoms. The normalized spacial score (nSPS) is 13.9. The van der Waals surface area contributed by atoms with E-state index in [0.29, 0.717) is 12.4 Å². The Balaban J connectivity index is 1.40. The first-order valence-electron chi connectivity index (χ1n) is 9.66. The summed E-state index contributed by atoms with van der Waals surface area (Å²) in [6, 6.07) is 10.1. The first-order chi connectivity index (χ1) is 13.8. The molecule has 0 radical (unpaired) electrons. The molecule has 0 saturated carbocycles. The zero-order chi connectivity index (χ0) is 19.2. The maximum absolute atomic E-state index is 12.2. The molecule has 0 spiro atoms. The van der Waals surface area contributed by atoms with E-state index in [1.54, 1.807) is 11.3 Å². The predicted molar refractivity (Wildman–Crippen MR) is 113 cm³/mol. The van der Waals surface area contributed by atoms with Gasteiger partial charge in [-0.15, -0.1) is 11.3 Å². The number of hydrogen-bond acceptors (Lipinski definition) is 5. The fourth-order valence-electron chi connectivity index (χ4n) is 3.47. The number of thiophene rings is 1. The first-order valence-corrected chi connectivity index (χ1v) is 10.5. The third-order valence-corrected chi connectivity index (χ3v) is 5.80. The van der Waals surface area contributed by atoms with E-state index >= 15 is 0 Å². The summed E-state index contributed by atoms with van der Waals surface area (Å²) in [6.07, 6.45) is 9.59. The first kappa shape index (κ1) is 18.6. The smallest absolute Gasteiger partial charge is 0.258 e. The zero-order valence-electron chi connectivity index (χ0n) is 15.7. The second-order valence-electron chi connectivity index (χ2n) is 6.87. The Morgan fingerprint density at radius 3 is 2.89 bits per heavy atom. The van der Waals surface area contributed by atoms with Crippen molar-refractivity contribution < 1.29 is 9.53 Å². The van der Waals surface area contributed by atoms with Crippen LogP contribution in [0, 0.1) is 0 Å². The monoisotopic (exact) mass is 393 g/mol. The Morgan fingerprint density at radius 1 is 1.18 bits per heavy atom. The molecule has 4 rings (SSSR count). The number of ether oxygens (including phenoxy) is 1. The van der Waals surface area contributed by atoms with Gasteiger partial charge in [0.2, 0.25) is 5.88 Å². The molecule has 0 fully saturated rings. The van der Waals surface area contributed by atoms with Gasteiger partial charge in [-0.25, -0.2) is 9.97 Å². The van der Waals surface area contributed by atoms with Crippen LogP contribution < -0.4 is 10.1 Å². The molecule has 144 valence electrons. The minimum absolute atomic E-state index is 0.0464. The number of carbonyl (C=O) groups excluding carboxylic acids is 1. The number of nitrogens with zero attached hydrogens (tertiary/aromatic N) is 2. The Kier molecular flexibility index (Phi) is 5.97.